The van der Waals surface area contributed by atoms with Crippen LogP contribution in [-0.2, 0) is 9.53 Å². The van der Waals surface area contributed by atoms with Crippen molar-refractivity contribution >= 4 is 5.97 Å². The van der Waals surface area contributed by atoms with Gasteiger partial charge in [-0.2, -0.15) is 0 Å². The van der Waals surface area contributed by atoms with Gasteiger partial charge in [0.2, 0.25) is 0 Å². The van der Waals surface area contributed by atoms with E-state index in [0.29, 0.717) is 0 Å². The Balaban J connectivity index is 0. The summed E-state index contributed by atoms with van der Waals surface area (Å²) in [5, 5.41) is 0. The molecule has 0 aliphatic heterocycles. The molecule has 0 aromatic heterocycles. The average molecular weight is 188 g/mol. The molecular weight excluding hydrogens is 164 g/mol. The van der Waals surface area contributed by atoms with Crippen LogP contribution in [0.5, 0.6) is 0 Å². The Kier molecular flexibility index (Phi) is 5.34. The highest BCUT2D eigenvalue weighted by atomic mass is 16.6. The summed E-state index contributed by atoms with van der Waals surface area (Å²) in [6.07, 6.45) is 0.807. The molecule has 0 aliphatic carbocycles. The zero-order valence-corrected chi connectivity index (χ0v) is 9.02. The van der Waals surface area contributed by atoms with Gasteiger partial charge < -0.3 is 4.74 Å². The zero-order valence-electron chi connectivity index (χ0n) is 9.02. The van der Waals surface area contributed by atoms with Crippen molar-refractivity contribution in [3.63, 3.8) is 0 Å². The van der Waals surface area contributed by atoms with Gasteiger partial charge in [-0.3, -0.25) is 4.79 Å². The van der Waals surface area contributed by atoms with Crippen LogP contribution in [0.1, 0.15) is 55.4 Å². The Morgan fingerprint density at radius 2 is 1.54 bits per heavy atom. The molecule has 0 fully saturated rings. The van der Waals surface area contributed by atoms with Crippen molar-refractivity contribution in [1.82, 2.24) is 0 Å². The van der Waals surface area contributed by atoms with E-state index in [1.807, 2.05) is 41.5 Å². The summed E-state index contributed by atoms with van der Waals surface area (Å²) in [6, 6.07) is 0. The summed E-state index contributed by atoms with van der Waals surface area (Å²) < 4.78 is 5.25. The maximum Gasteiger partial charge on any atom is 0.312 e. The molecule has 0 N–H and O–H groups in total. The first-order chi connectivity index (χ1) is 5.19. The van der Waals surface area contributed by atoms with Crippen LogP contribution in [0.25, 0.3) is 0 Å². The number of ether oxygens (including phenoxy) is 1. The van der Waals surface area contributed by atoms with Crippen molar-refractivity contribution in [2.45, 2.75) is 61.0 Å². The smallest absolute Gasteiger partial charge is 0.312 e. The normalized spacial score (nSPS) is 11.8. The Morgan fingerprint density at radius 1 is 1.15 bits per heavy atom. The topological polar surface area (TPSA) is 26.3 Å². The van der Waals surface area contributed by atoms with Crippen LogP contribution in [0.15, 0.2) is 0 Å². The third kappa shape index (κ3) is 5.67. The van der Waals surface area contributed by atoms with Crippen LogP contribution in [0.3, 0.4) is 0 Å². The number of rotatable bonds is 2. The number of esters is 1. The van der Waals surface area contributed by atoms with Crippen LogP contribution < -0.4 is 0 Å². The predicted molar refractivity (Wildman–Crippen MR) is 56.6 cm³/mol. The molecule has 0 saturated heterocycles. The summed E-state index contributed by atoms with van der Waals surface area (Å²) in [7, 11) is 0. The van der Waals surface area contributed by atoms with Gasteiger partial charge in [0.15, 0.2) is 0 Å². The van der Waals surface area contributed by atoms with Crippen molar-refractivity contribution in [3.05, 3.63) is 0 Å². The fourth-order valence-corrected chi connectivity index (χ4v) is 0.561. The standard InChI is InChI=1S/C10H20O2.CH4/c1-7-10(5,6)8(11)12-9(2,3)4;/h7H2,1-6H3;1H4. The van der Waals surface area contributed by atoms with E-state index in [4.69, 9.17) is 4.74 Å². The molecule has 80 valence electrons. The molecule has 0 bridgehead atoms. The third-order valence-electron chi connectivity index (χ3n) is 1.84. The second kappa shape index (κ2) is 4.64. The average Bonchev–Trinajstić information content (AvgIpc) is 1.84. The Bertz CT molecular complexity index is 163. The van der Waals surface area contributed by atoms with Crippen LogP contribution in [-0.4, -0.2) is 11.6 Å². The van der Waals surface area contributed by atoms with Crippen molar-refractivity contribution in [2.75, 3.05) is 0 Å². The number of carbonyl (C=O) groups is 1. The van der Waals surface area contributed by atoms with Crippen LogP contribution >= 0.6 is 0 Å². The molecule has 2 nitrogen and oxygen atoms in total. The van der Waals surface area contributed by atoms with Gasteiger partial charge in [-0.05, 0) is 41.0 Å². The number of hydrogen-bond donors (Lipinski definition) is 0. The molecule has 0 unspecified atom stereocenters. The maximum atomic E-state index is 11.5. The van der Waals surface area contributed by atoms with Crippen molar-refractivity contribution in [2.24, 2.45) is 5.41 Å². The quantitative estimate of drug-likeness (QED) is 0.621. The highest BCUT2D eigenvalue weighted by Gasteiger charge is 2.30. The Hall–Kier alpha value is -0.530. The van der Waals surface area contributed by atoms with Crippen LogP contribution in [0, 0.1) is 5.41 Å². The molecule has 0 aromatic rings. The SMILES string of the molecule is C.CCC(C)(C)C(=O)OC(C)(C)C. The highest BCUT2D eigenvalue weighted by molar-refractivity contribution is 5.76. The molecule has 0 heterocycles. The molecule has 13 heavy (non-hydrogen) atoms. The van der Waals surface area contributed by atoms with Gasteiger partial charge in [0.05, 0.1) is 5.41 Å². The van der Waals surface area contributed by atoms with Crippen molar-refractivity contribution in [3.8, 4) is 0 Å². The largest absolute Gasteiger partial charge is 0.460 e. The molecule has 0 atom stereocenters. The minimum Gasteiger partial charge on any atom is -0.460 e. The van der Waals surface area contributed by atoms with Gasteiger partial charge in [-0.25, -0.2) is 0 Å². The van der Waals surface area contributed by atoms with E-state index < -0.39 is 0 Å². The van der Waals surface area contributed by atoms with Crippen molar-refractivity contribution < 1.29 is 9.53 Å². The highest BCUT2D eigenvalue weighted by Crippen LogP contribution is 2.24. The summed E-state index contributed by atoms with van der Waals surface area (Å²) in [5.74, 6) is -0.113. The van der Waals surface area contributed by atoms with Gasteiger partial charge in [0.25, 0.3) is 0 Å². The lowest BCUT2D eigenvalue weighted by Gasteiger charge is -2.27. The van der Waals surface area contributed by atoms with Gasteiger partial charge in [-0.15, -0.1) is 0 Å². The zero-order chi connectivity index (χ0) is 9.99. The lowest BCUT2D eigenvalue weighted by molar-refractivity contribution is -0.165. The van der Waals surface area contributed by atoms with Gasteiger partial charge in [0.1, 0.15) is 5.60 Å². The van der Waals surface area contributed by atoms with E-state index in [2.05, 4.69) is 0 Å². The molecule has 0 saturated carbocycles. The number of carbonyl (C=O) groups excluding carboxylic acids is 1. The van der Waals surface area contributed by atoms with Crippen LogP contribution in [0.2, 0.25) is 0 Å². The first-order valence-electron chi connectivity index (χ1n) is 4.42. The summed E-state index contributed by atoms with van der Waals surface area (Å²) in [5.41, 5.74) is -0.725. The third-order valence-corrected chi connectivity index (χ3v) is 1.84. The molecule has 0 spiro atoms. The molecule has 2 heteroatoms. The number of hydrogen-bond acceptors (Lipinski definition) is 2. The minimum atomic E-state index is -0.372. The van der Waals surface area contributed by atoms with Gasteiger partial charge in [0, 0.05) is 0 Å². The van der Waals surface area contributed by atoms with E-state index in [-0.39, 0.29) is 24.4 Å². The maximum absolute atomic E-state index is 11.5. The molecular formula is C11H24O2. The van der Waals surface area contributed by atoms with E-state index in [1.54, 1.807) is 0 Å². The summed E-state index contributed by atoms with van der Waals surface area (Å²) in [6.45, 7) is 11.5. The Morgan fingerprint density at radius 3 is 1.77 bits per heavy atom. The van der Waals surface area contributed by atoms with E-state index in [1.165, 1.54) is 0 Å². The second-order valence-electron chi connectivity index (χ2n) is 4.74. The Labute approximate surface area is 82.7 Å². The van der Waals surface area contributed by atoms with Crippen LogP contribution in [0.4, 0.5) is 0 Å². The molecule has 0 aromatic carbocycles. The van der Waals surface area contributed by atoms with Gasteiger partial charge >= 0.3 is 5.97 Å². The van der Waals surface area contributed by atoms with Crippen molar-refractivity contribution in [1.29, 1.82) is 0 Å². The fraction of sp³-hybridized carbons (Fsp3) is 0.909. The summed E-state index contributed by atoms with van der Waals surface area (Å²) in [4.78, 5) is 11.5. The molecule has 0 aliphatic rings. The van der Waals surface area contributed by atoms with E-state index >= 15 is 0 Å². The second-order valence-corrected chi connectivity index (χ2v) is 4.74. The fourth-order valence-electron chi connectivity index (χ4n) is 0.561. The molecule has 0 radical (unpaired) electrons. The molecule has 0 rings (SSSR count). The molecule has 0 amide bonds. The first kappa shape index (κ1) is 15.0. The minimum absolute atomic E-state index is 0. The van der Waals surface area contributed by atoms with E-state index in [9.17, 15) is 4.79 Å². The van der Waals surface area contributed by atoms with Gasteiger partial charge in [-0.1, -0.05) is 14.4 Å². The lowest BCUT2D eigenvalue weighted by Crippen LogP contribution is -2.33. The lowest BCUT2D eigenvalue weighted by atomic mass is 9.90. The first-order valence-corrected chi connectivity index (χ1v) is 4.42. The monoisotopic (exact) mass is 188 g/mol. The summed E-state index contributed by atoms with van der Waals surface area (Å²) >= 11 is 0. The van der Waals surface area contributed by atoms with E-state index in [0.717, 1.165) is 6.42 Å². The predicted octanol–water partition coefficient (Wildman–Crippen LogP) is 3.40.